The van der Waals surface area contributed by atoms with Gasteiger partial charge in [-0.1, -0.05) is 0 Å². The number of nitrogens with one attached hydrogen (secondary N) is 1. The SMILES string of the molecule is COC1(CNC(=O)C(C)Cl)CCOC1. The van der Waals surface area contributed by atoms with Gasteiger partial charge in [0.05, 0.1) is 6.61 Å². The van der Waals surface area contributed by atoms with E-state index in [9.17, 15) is 4.79 Å². The van der Waals surface area contributed by atoms with Crippen LogP contribution < -0.4 is 5.32 Å². The van der Waals surface area contributed by atoms with E-state index >= 15 is 0 Å². The Morgan fingerprint density at radius 2 is 2.50 bits per heavy atom. The molecule has 0 aromatic carbocycles. The fourth-order valence-corrected chi connectivity index (χ4v) is 1.43. The molecule has 2 atom stereocenters. The summed E-state index contributed by atoms with van der Waals surface area (Å²) >= 11 is 5.62. The number of ether oxygens (including phenoxy) is 2. The molecule has 5 heteroatoms. The van der Waals surface area contributed by atoms with Crippen molar-refractivity contribution in [3.05, 3.63) is 0 Å². The number of rotatable bonds is 4. The third-order valence-corrected chi connectivity index (χ3v) is 2.64. The molecule has 0 aromatic heterocycles. The van der Waals surface area contributed by atoms with Gasteiger partial charge in [-0.05, 0) is 6.92 Å². The number of carbonyl (C=O) groups excluding carboxylic acids is 1. The average molecular weight is 222 g/mol. The predicted molar refractivity (Wildman–Crippen MR) is 53.5 cm³/mol. The van der Waals surface area contributed by atoms with Gasteiger partial charge in [0.1, 0.15) is 11.0 Å². The van der Waals surface area contributed by atoms with Crippen LogP contribution in [0.5, 0.6) is 0 Å². The molecule has 0 aromatic rings. The molecule has 1 heterocycles. The van der Waals surface area contributed by atoms with Crippen LogP contribution in [0.3, 0.4) is 0 Å². The molecule has 2 unspecified atom stereocenters. The number of hydrogen-bond donors (Lipinski definition) is 1. The van der Waals surface area contributed by atoms with E-state index in [1.807, 2.05) is 0 Å². The van der Waals surface area contributed by atoms with Gasteiger partial charge in [-0.15, -0.1) is 11.6 Å². The molecule has 1 rings (SSSR count). The fourth-order valence-electron chi connectivity index (χ4n) is 1.35. The minimum atomic E-state index is -0.508. The normalized spacial score (nSPS) is 28.8. The molecule has 0 spiro atoms. The number of carbonyl (C=O) groups is 1. The molecule has 1 aliphatic heterocycles. The van der Waals surface area contributed by atoms with Crippen molar-refractivity contribution in [1.29, 1.82) is 0 Å². The highest BCUT2D eigenvalue weighted by Gasteiger charge is 2.35. The van der Waals surface area contributed by atoms with Crippen LogP contribution in [0.15, 0.2) is 0 Å². The summed E-state index contributed by atoms with van der Waals surface area (Å²) in [5.41, 5.74) is -0.360. The lowest BCUT2D eigenvalue weighted by Gasteiger charge is -2.26. The number of amides is 1. The molecule has 4 nitrogen and oxygen atoms in total. The van der Waals surface area contributed by atoms with E-state index in [4.69, 9.17) is 21.1 Å². The van der Waals surface area contributed by atoms with Gasteiger partial charge in [-0.3, -0.25) is 4.79 Å². The summed E-state index contributed by atoms with van der Waals surface area (Å²) in [5, 5.41) is 2.23. The van der Waals surface area contributed by atoms with E-state index in [1.165, 1.54) is 0 Å². The van der Waals surface area contributed by atoms with E-state index in [2.05, 4.69) is 5.32 Å². The quantitative estimate of drug-likeness (QED) is 0.705. The lowest BCUT2D eigenvalue weighted by Crippen LogP contribution is -2.46. The van der Waals surface area contributed by atoms with Crippen molar-refractivity contribution in [3.8, 4) is 0 Å². The van der Waals surface area contributed by atoms with E-state index in [1.54, 1.807) is 14.0 Å². The highest BCUT2D eigenvalue weighted by molar-refractivity contribution is 6.30. The van der Waals surface area contributed by atoms with Crippen molar-refractivity contribution < 1.29 is 14.3 Å². The first-order valence-electron chi connectivity index (χ1n) is 4.64. The second-order valence-electron chi connectivity index (χ2n) is 3.52. The number of halogens is 1. The van der Waals surface area contributed by atoms with Gasteiger partial charge in [0.25, 0.3) is 0 Å². The highest BCUT2D eigenvalue weighted by Crippen LogP contribution is 2.21. The second kappa shape index (κ2) is 4.96. The fraction of sp³-hybridized carbons (Fsp3) is 0.889. The molecule has 1 saturated heterocycles. The summed E-state index contributed by atoms with van der Waals surface area (Å²) in [6.07, 6.45) is 0.806. The van der Waals surface area contributed by atoms with E-state index in [0.717, 1.165) is 6.42 Å². The molecule has 0 radical (unpaired) electrons. The molecular formula is C9H16ClNO3. The minimum absolute atomic E-state index is 0.171. The molecule has 0 bridgehead atoms. The van der Waals surface area contributed by atoms with Crippen LogP contribution in [0.4, 0.5) is 0 Å². The molecule has 0 saturated carbocycles. The van der Waals surface area contributed by atoms with Crippen LogP contribution in [-0.4, -0.2) is 43.8 Å². The molecule has 1 fully saturated rings. The molecular weight excluding hydrogens is 206 g/mol. The van der Waals surface area contributed by atoms with Gasteiger partial charge < -0.3 is 14.8 Å². The summed E-state index contributed by atoms with van der Waals surface area (Å²) in [4.78, 5) is 11.2. The third kappa shape index (κ3) is 2.83. The van der Waals surface area contributed by atoms with E-state index in [0.29, 0.717) is 19.8 Å². The highest BCUT2D eigenvalue weighted by atomic mass is 35.5. The van der Waals surface area contributed by atoms with Crippen molar-refractivity contribution >= 4 is 17.5 Å². The zero-order chi connectivity index (χ0) is 10.6. The Morgan fingerprint density at radius 3 is 2.93 bits per heavy atom. The van der Waals surface area contributed by atoms with Crippen LogP contribution >= 0.6 is 11.6 Å². The Bertz CT molecular complexity index is 202. The van der Waals surface area contributed by atoms with Crippen LogP contribution in [0, 0.1) is 0 Å². The maximum absolute atomic E-state index is 11.2. The van der Waals surface area contributed by atoms with Crippen LogP contribution in [0.25, 0.3) is 0 Å². The van der Waals surface area contributed by atoms with Gasteiger partial charge >= 0.3 is 0 Å². The molecule has 1 aliphatic rings. The number of hydrogen-bond acceptors (Lipinski definition) is 3. The summed E-state index contributed by atoms with van der Waals surface area (Å²) in [6.45, 7) is 3.31. The molecule has 14 heavy (non-hydrogen) atoms. The number of methoxy groups -OCH3 is 1. The monoisotopic (exact) mass is 221 g/mol. The minimum Gasteiger partial charge on any atom is -0.378 e. The third-order valence-electron chi connectivity index (χ3n) is 2.45. The van der Waals surface area contributed by atoms with Crippen molar-refractivity contribution in [2.45, 2.75) is 24.3 Å². The van der Waals surface area contributed by atoms with E-state index < -0.39 is 5.38 Å². The molecule has 1 N–H and O–H groups in total. The van der Waals surface area contributed by atoms with Gasteiger partial charge in [0.15, 0.2) is 0 Å². The van der Waals surface area contributed by atoms with Crippen LogP contribution in [0.1, 0.15) is 13.3 Å². The lowest BCUT2D eigenvalue weighted by atomic mass is 10.0. The number of alkyl halides is 1. The smallest absolute Gasteiger partial charge is 0.237 e. The van der Waals surface area contributed by atoms with Gasteiger partial charge in [-0.2, -0.15) is 0 Å². The first-order valence-corrected chi connectivity index (χ1v) is 5.08. The van der Waals surface area contributed by atoms with Gasteiger partial charge in [0.2, 0.25) is 5.91 Å². The molecule has 82 valence electrons. The van der Waals surface area contributed by atoms with Crippen molar-refractivity contribution in [2.75, 3.05) is 26.9 Å². The maximum Gasteiger partial charge on any atom is 0.237 e. The molecule has 1 amide bonds. The first-order chi connectivity index (χ1) is 6.59. The van der Waals surface area contributed by atoms with Crippen molar-refractivity contribution in [1.82, 2.24) is 5.32 Å². The zero-order valence-electron chi connectivity index (χ0n) is 8.51. The summed E-state index contributed by atoms with van der Waals surface area (Å²) in [6, 6.07) is 0. The topological polar surface area (TPSA) is 47.6 Å². The Balaban J connectivity index is 2.38. The Labute approximate surface area is 88.9 Å². The van der Waals surface area contributed by atoms with Crippen molar-refractivity contribution in [2.24, 2.45) is 0 Å². The standard InChI is InChI=1S/C9H16ClNO3/c1-7(10)8(12)11-5-9(13-2)3-4-14-6-9/h7H,3-6H2,1-2H3,(H,11,12). The Hall–Kier alpha value is -0.320. The average Bonchev–Trinajstić information content (AvgIpc) is 2.63. The van der Waals surface area contributed by atoms with Gasteiger partial charge in [0, 0.05) is 26.7 Å². The maximum atomic E-state index is 11.2. The lowest BCUT2D eigenvalue weighted by molar-refractivity contribution is -0.122. The Morgan fingerprint density at radius 1 is 1.79 bits per heavy atom. The predicted octanol–water partition coefficient (Wildman–Crippen LogP) is 0.535. The van der Waals surface area contributed by atoms with Crippen molar-refractivity contribution in [3.63, 3.8) is 0 Å². The van der Waals surface area contributed by atoms with Crippen LogP contribution in [0.2, 0.25) is 0 Å². The first kappa shape index (κ1) is 11.8. The summed E-state index contributed by atoms with van der Waals surface area (Å²) in [5.74, 6) is -0.171. The second-order valence-corrected chi connectivity index (χ2v) is 4.18. The van der Waals surface area contributed by atoms with Crippen LogP contribution in [-0.2, 0) is 14.3 Å². The summed E-state index contributed by atoms with van der Waals surface area (Å²) < 4.78 is 10.6. The Kier molecular flexibility index (Phi) is 4.16. The largest absolute Gasteiger partial charge is 0.378 e. The summed E-state index contributed by atoms with van der Waals surface area (Å²) in [7, 11) is 1.63. The zero-order valence-corrected chi connectivity index (χ0v) is 9.26. The molecule has 0 aliphatic carbocycles. The van der Waals surface area contributed by atoms with E-state index in [-0.39, 0.29) is 11.5 Å². The van der Waals surface area contributed by atoms with Gasteiger partial charge in [-0.25, -0.2) is 0 Å².